The van der Waals surface area contributed by atoms with Crippen LogP contribution in [0.3, 0.4) is 0 Å². The molecule has 0 spiro atoms. The Labute approximate surface area is 181 Å². The molecule has 7 nitrogen and oxygen atoms in total. The van der Waals surface area contributed by atoms with Gasteiger partial charge in [-0.3, -0.25) is 9.59 Å². The quantitative estimate of drug-likeness (QED) is 0.754. The van der Waals surface area contributed by atoms with Gasteiger partial charge >= 0.3 is 6.09 Å². The van der Waals surface area contributed by atoms with Crippen LogP contribution in [0.25, 0.3) is 0 Å². The van der Waals surface area contributed by atoms with E-state index in [1.807, 2.05) is 51.3 Å². The largest absolute Gasteiger partial charge is 0.444 e. The molecule has 0 unspecified atom stereocenters. The highest BCUT2D eigenvalue weighted by molar-refractivity contribution is 5.84. The van der Waals surface area contributed by atoms with Crippen molar-refractivity contribution in [3.63, 3.8) is 0 Å². The van der Waals surface area contributed by atoms with Crippen molar-refractivity contribution in [1.29, 1.82) is 0 Å². The van der Waals surface area contributed by atoms with Crippen molar-refractivity contribution in [1.82, 2.24) is 15.1 Å². The lowest BCUT2D eigenvalue weighted by molar-refractivity contribution is -0.147. The van der Waals surface area contributed by atoms with Crippen LogP contribution in [0, 0.1) is 17.3 Å². The SMILES string of the molecule is C[C@@H]1CCCN(C(=O)[C@@H]2CCCN(C(=O)C(C)(C)C)C2)[C@@H]1CNC(=O)OC(C)(C)C. The number of piperidine rings is 2. The molecule has 2 heterocycles. The maximum absolute atomic E-state index is 13.4. The van der Waals surface area contributed by atoms with Crippen molar-refractivity contribution in [2.75, 3.05) is 26.2 Å². The van der Waals surface area contributed by atoms with Gasteiger partial charge in [0.2, 0.25) is 11.8 Å². The lowest BCUT2D eigenvalue weighted by atomic mass is 9.87. The minimum absolute atomic E-state index is 0.0486. The fraction of sp³-hybridized carbons (Fsp3) is 0.870. The number of likely N-dealkylation sites (tertiary alicyclic amines) is 2. The van der Waals surface area contributed by atoms with E-state index in [4.69, 9.17) is 4.74 Å². The molecule has 30 heavy (non-hydrogen) atoms. The molecule has 3 atom stereocenters. The Balaban J connectivity index is 2.04. The average molecular weight is 424 g/mol. The van der Waals surface area contributed by atoms with E-state index in [1.54, 1.807) is 0 Å². The van der Waals surface area contributed by atoms with Crippen molar-refractivity contribution in [2.45, 2.75) is 85.8 Å². The van der Waals surface area contributed by atoms with E-state index >= 15 is 0 Å². The van der Waals surface area contributed by atoms with Crippen LogP contribution in [0.5, 0.6) is 0 Å². The third kappa shape index (κ3) is 6.61. The van der Waals surface area contributed by atoms with Crippen LogP contribution in [0.15, 0.2) is 0 Å². The zero-order chi connectivity index (χ0) is 22.7. The Bertz CT molecular complexity index is 635. The fourth-order valence-corrected chi connectivity index (χ4v) is 4.41. The monoisotopic (exact) mass is 423 g/mol. The number of hydrogen-bond acceptors (Lipinski definition) is 4. The third-order valence-corrected chi connectivity index (χ3v) is 5.95. The summed E-state index contributed by atoms with van der Waals surface area (Å²) >= 11 is 0. The zero-order valence-electron chi connectivity index (χ0n) is 19.9. The van der Waals surface area contributed by atoms with Gasteiger partial charge in [-0.05, 0) is 52.4 Å². The van der Waals surface area contributed by atoms with Gasteiger partial charge in [0.15, 0.2) is 0 Å². The number of ether oxygens (including phenoxy) is 1. The second-order valence-corrected chi connectivity index (χ2v) is 10.9. The highest BCUT2D eigenvalue weighted by atomic mass is 16.6. The van der Waals surface area contributed by atoms with Gasteiger partial charge in [0.25, 0.3) is 0 Å². The summed E-state index contributed by atoms with van der Waals surface area (Å²) in [6.45, 7) is 15.7. The number of amides is 3. The van der Waals surface area contributed by atoms with Crippen molar-refractivity contribution in [3.8, 4) is 0 Å². The highest BCUT2D eigenvalue weighted by Crippen LogP contribution is 2.29. The lowest BCUT2D eigenvalue weighted by Crippen LogP contribution is -2.57. The van der Waals surface area contributed by atoms with E-state index in [2.05, 4.69) is 12.2 Å². The normalized spacial score (nSPS) is 25.6. The Kier molecular flexibility index (Phi) is 7.80. The van der Waals surface area contributed by atoms with Gasteiger partial charge in [-0.15, -0.1) is 0 Å². The van der Waals surface area contributed by atoms with Crippen molar-refractivity contribution < 1.29 is 19.1 Å². The molecule has 0 aliphatic carbocycles. The van der Waals surface area contributed by atoms with Gasteiger partial charge in [-0.25, -0.2) is 4.79 Å². The van der Waals surface area contributed by atoms with Crippen LogP contribution >= 0.6 is 0 Å². The smallest absolute Gasteiger partial charge is 0.407 e. The number of nitrogens with one attached hydrogen (secondary N) is 1. The van der Waals surface area contributed by atoms with E-state index in [0.29, 0.717) is 25.6 Å². The van der Waals surface area contributed by atoms with Crippen LogP contribution in [-0.4, -0.2) is 65.5 Å². The van der Waals surface area contributed by atoms with E-state index in [0.717, 1.165) is 32.2 Å². The Morgan fingerprint density at radius 3 is 2.23 bits per heavy atom. The zero-order valence-corrected chi connectivity index (χ0v) is 19.9. The molecule has 1 N–H and O–H groups in total. The number of rotatable bonds is 3. The molecule has 7 heteroatoms. The first kappa shape index (κ1) is 24.5. The van der Waals surface area contributed by atoms with Gasteiger partial charge in [-0.1, -0.05) is 27.7 Å². The topological polar surface area (TPSA) is 79.0 Å². The summed E-state index contributed by atoms with van der Waals surface area (Å²) < 4.78 is 5.35. The number of nitrogens with zero attached hydrogens (tertiary/aromatic N) is 2. The lowest BCUT2D eigenvalue weighted by Gasteiger charge is -2.43. The molecule has 3 amide bonds. The minimum atomic E-state index is -0.553. The minimum Gasteiger partial charge on any atom is -0.444 e. The first-order chi connectivity index (χ1) is 13.8. The molecule has 0 aromatic rings. The molecule has 0 saturated carbocycles. The predicted molar refractivity (Wildman–Crippen MR) is 117 cm³/mol. The molecule has 0 radical (unpaired) electrons. The number of carbonyl (C=O) groups is 3. The van der Waals surface area contributed by atoms with E-state index in [1.165, 1.54) is 0 Å². The Hall–Kier alpha value is -1.79. The van der Waals surface area contributed by atoms with E-state index < -0.39 is 17.1 Å². The summed E-state index contributed by atoms with van der Waals surface area (Å²) in [7, 11) is 0. The Morgan fingerprint density at radius 1 is 1.00 bits per heavy atom. The number of alkyl carbamates (subject to hydrolysis) is 1. The standard InChI is InChI=1S/C23H41N3O4/c1-16-10-8-13-26(18(16)14-24-21(29)30-23(5,6)7)19(27)17-11-9-12-25(15-17)20(28)22(2,3)4/h16-18H,8-15H2,1-7H3,(H,24,29)/t16-,17-,18-/m1/s1. The molecule has 2 aliphatic rings. The van der Waals surface area contributed by atoms with Crippen LogP contribution < -0.4 is 5.32 Å². The summed E-state index contributed by atoms with van der Waals surface area (Å²) in [5, 5.41) is 2.85. The van der Waals surface area contributed by atoms with E-state index in [-0.39, 0.29) is 23.8 Å². The number of carbonyl (C=O) groups excluding carboxylic acids is 3. The van der Waals surface area contributed by atoms with Crippen LogP contribution in [0.4, 0.5) is 4.79 Å². The summed E-state index contributed by atoms with van der Waals surface area (Å²) in [5.74, 6) is 0.354. The molecule has 2 aliphatic heterocycles. The van der Waals surface area contributed by atoms with Gasteiger partial charge < -0.3 is 19.9 Å². The second kappa shape index (κ2) is 9.56. The summed E-state index contributed by atoms with van der Waals surface area (Å²) in [5.41, 5.74) is -0.993. The van der Waals surface area contributed by atoms with E-state index in [9.17, 15) is 14.4 Å². The highest BCUT2D eigenvalue weighted by Gasteiger charge is 2.39. The van der Waals surface area contributed by atoms with Gasteiger partial charge in [0, 0.05) is 31.6 Å². The van der Waals surface area contributed by atoms with Crippen molar-refractivity contribution in [3.05, 3.63) is 0 Å². The average Bonchev–Trinajstić information content (AvgIpc) is 2.63. The maximum atomic E-state index is 13.4. The number of hydrogen-bond donors (Lipinski definition) is 1. The molecule has 2 rings (SSSR count). The second-order valence-electron chi connectivity index (χ2n) is 10.9. The predicted octanol–water partition coefficient (Wildman–Crippen LogP) is 3.42. The van der Waals surface area contributed by atoms with Crippen molar-refractivity contribution in [2.24, 2.45) is 17.3 Å². The molecule has 2 saturated heterocycles. The third-order valence-electron chi connectivity index (χ3n) is 5.95. The summed E-state index contributed by atoms with van der Waals surface area (Å²) in [6.07, 6.45) is 3.20. The van der Waals surface area contributed by atoms with Gasteiger partial charge in [0.05, 0.1) is 12.0 Å². The first-order valence-electron chi connectivity index (χ1n) is 11.4. The Morgan fingerprint density at radius 2 is 1.63 bits per heavy atom. The molecule has 0 bridgehead atoms. The van der Waals surface area contributed by atoms with Gasteiger partial charge in [-0.2, -0.15) is 0 Å². The van der Waals surface area contributed by atoms with Gasteiger partial charge in [0.1, 0.15) is 5.60 Å². The fourth-order valence-electron chi connectivity index (χ4n) is 4.41. The molecule has 2 fully saturated rings. The first-order valence-corrected chi connectivity index (χ1v) is 11.4. The summed E-state index contributed by atoms with van der Waals surface area (Å²) in [4.78, 5) is 42.1. The van der Waals surface area contributed by atoms with Crippen LogP contribution in [0.1, 0.15) is 74.1 Å². The maximum Gasteiger partial charge on any atom is 0.407 e. The molecule has 0 aromatic heterocycles. The molecule has 172 valence electrons. The molecular formula is C23H41N3O4. The summed E-state index contributed by atoms with van der Waals surface area (Å²) in [6, 6.07) is -0.0486. The van der Waals surface area contributed by atoms with Crippen molar-refractivity contribution >= 4 is 17.9 Å². The van der Waals surface area contributed by atoms with Crippen LogP contribution in [0.2, 0.25) is 0 Å². The molecule has 0 aromatic carbocycles. The van der Waals surface area contributed by atoms with Crippen LogP contribution in [-0.2, 0) is 14.3 Å². The molecular weight excluding hydrogens is 382 g/mol.